The summed E-state index contributed by atoms with van der Waals surface area (Å²) in [5, 5.41) is 7.93. The predicted molar refractivity (Wildman–Crippen MR) is 90.2 cm³/mol. The second-order valence-corrected chi connectivity index (χ2v) is 5.65. The number of rotatable bonds is 3. The van der Waals surface area contributed by atoms with Crippen molar-refractivity contribution >= 4 is 41.7 Å². The monoisotopic (exact) mass is 396 g/mol. The quantitative estimate of drug-likeness (QED) is 0.482. The van der Waals surface area contributed by atoms with Crippen LogP contribution in [0.25, 0.3) is 0 Å². The standard InChI is InChI=1S/C12H20N4OS.HI/c1-3-11-9-16(5-7-18-11)12(13-2)14-8-10-4-6-17-15-10;/h4,6,11H,3,5,7-9H2,1-2H3,(H,13,14);1H. The number of thioether (sulfide) groups is 1. The molecule has 0 spiro atoms. The molecule has 0 amide bonds. The maximum absolute atomic E-state index is 4.81. The predicted octanol–water partition coefficient (Wildman–Crippen LogP) is 2.20. The second kappa shape index (κ2) is 8.68. The van der Waals surface area contributed by atoms with Gasteiger partial charge in [0.1, 0.15) is 12.0 Å². The van der Waals surface area contributed by atoms with Gasteiger partial charge in [-0.15, -0.1) is 24.0 Å². The number of guanidine groups is 1. The van der Waals surface area contributed by atoms with Gasteiger partial charge in [0.25, 0.3) is 0 Å². The lowest BCUT2D eigenvalue weighted by Gasteiger charge is -2.34. The van der Waals surface area contributed by atoms with Crippen LogP contribution in [0, 0.1) is 0 Å². The van der Waals surface area contributed by atoms with Gasteiger partial charge in [0.2, 0.25) is 0 Å². The van der Waals surface area contributed by atoms with E-state index in [2.05, 4.69) is 39.1 Å². The van der Waals surface area contributed by atoms with E-state index in [0.29, 0.717) is 11.8 Å². The van der Waals surface area contributed by atoms with E-state index in [-0.39, 0.29) is 24.0 Å². The minimum absolute atomic E-state index is 0. The van der Waals surface area contributed by atoms with E-state index < -0.39 is 0 Å². The van der Waals surface area contributed by atoms with Crippen LogP contribution in [0.15, 0.2) is 21.8 Å². The Labute approximate surface area is 135 Å². The van der Waals surface area contributed by atoms with E-state index in [4.69, 9.17) is 4.52 Å². The van der Waals surface area contributed by atoms with Gasteiger partial charge < -0.3 is 14.7 Å². The fourth-order valence-electron chi connectivity index (χ4n) is 1.99. The van der Waals surface area contributed by atoms with Crippen molar-refractivity contribution in [2.75, 3.05) is 25.9 Å². The van der Waals surface area contributed by atoms with Gasteiger partial charge in [0, 0.05) is 37.2 Å². The molecule has 1 aliphatic heterocycles. The molecule has 1 N–H and O–H groups in total. The summed E-state index contributed by atoms with van der Waals surface area (Å²) < 4.78 is 4.81. The lowest BCUT2D eigenvalue weighted by Crippen LogP contribution is -2.47. The Morgan fingerprint density at radius 2 is 2.53 bits per heavy atom. The molecule has 19 heavy (non-hydrogen) atoms. The van der Waals surface area contributed by atoms with Crippen molar-refractivity contribution in [2.24, 2.45) is 4.99 Å². The summed E-state index contributed by atoms with van der Waals surface area (Å²) >= 11 is 2.06. The fourth-order valence-corrected chi connectivity index (χ4v) is 3.17. The number of nitrogens with one attached hydrogen (secondary N) is 1. The molecule has 2 heterocycles. The highest BCUT2D eigenvalue weighted by molar-refractivity contribution is 14.0. The van der Waals surface area contributed by atoms with Crippen molar-refractivity contribution in [3.8, 4) is 0 Å². The summed E-state index contributed by atoms with van der Waals surface area (Å²) in [6, 6.07) is 1.86. The number of nitrogens with zero attached hydrogens (tertiary/aromatic N) is 3. The Balaban J connectivity index is 0.00000180. The van der Waals surface area contributed by atoms with Crippen LogP contribution in [0.5, 0.6) is 0 Å². The molecule has 0 radical (unpaired) electrons. The van der Waals surface area contributed by atoms with Crippen molar-refractivity contribution in [3.63, 3.8) is 0 Å². The third-order valence-electron chi connectivity index (χ3n) is 3.02. The number of aromatic nitrogens is 1. The van der Waals surface area contributed by atoms with Crippen molar-refractivity contribution in [1.82, 2.24) is 15.4 Å². The topological polar surface area (TPSA) is 53.7 Å². The minimum Gasteiger partial charge on any atom is -0.364 e. The molecule has 0 saturated carbocycles. The molecule has 1 aromatic rings. The number of hydrogen-bond donors (Lipinski definition) is 1. The molecule has 1 saturated heterocycles. The average molecular weight is 396 g/mol. The van der Waals surface area contributed by atoms with E-state index in [1.165, 1.54) is 12.2 Å². The van der Waals surface area contributed by atoms with Crippen LogP contribution in [0.3, 0.4) is 0 Å². The summed E-state index contributed by atoms with van der Waals surface area (Å²) in [5.74, 6) is 2.13. The van der Waals surface area contributed by atoms with Crippen molar-refractivity contribution in [1.29, 1.82) is 0 Å². The van der Waals surface area contributed by atoms with Gasteiger partial charge in [-0.25, -0.2) is 0 Å². The molecule has 0 aromatic carbocycles. The van der Waals surface area contributed by atoms with Crippen LogP contribution in [-0.2, 0) is 6.54 Å². The van der Waals surface area contributed by atoms with Crippen molar-refractivity contribution < 1.29 is 4.52 Å². The molecule has 1 aliphatic rings. The molecule has 1 fully saturated rings. The van der Waals surface area contributed by atoms with Gasteiger partial charge in [0.05, 0.1) is 6.54 Å². The highest BCUT2D eigenvalue weighted by Gasteiger charge is 2.21. The molecule has 0 aliphatic carbocycles. The van der Waals surface area contributed by atoms with Gasteiger partial charge in [-0.05, 0) is 6.42 Å². The van der Waals surface area contributed by atoms with Crippen LogP contribution < -0.4 is 5.32 Å². The Bertz CT molecular complexity index is 385. The molecular weight excluding hydrogens is 375 g/mol. The zero-order valence-electron chi connectivity index (χ0n) is 11.3. The Hall–Kier alpha value is -0.440. The third kappa shape index (κ3) is 4.87. The highest BCUT2D eigenvalue weighted by Crippen LogP contribution is 2.20. The molecule has 5 nitrogen and oxygen atoms in total. The van der Waals surface area contributed by atoms with Gasteiger partial charge in [-0.2, -0.15) is 11.8 Å². The van der Waals surface area contributed by atoms with Gasteiger partial charge >= 0.3 is 0 Å². The van der Waals surface area contributed by atoms with Crippen LogP contribution in [0.1, 0.15) is 19.0 Å². The van der Waals surface area contributed by atoms with E-state index in [1.807, 2.05) is 13.1 Å². The van der Waals surface area contributed by atoms with Gasteiger partial charge in [0.15, 0.2) is 5.96 Å². The first-order chi connectivity index (χ1) is 8.83. The zero-order chi connectivity index (χ0) is 12.8. The smallest absolute Gasteiger partial charge is 0.194 e. The Kier molecular flexibility index (Phi) is 7.59. The van der Waals surface area contributed by atoms with Crippen molar-refractivity contribution in [2.45, 2.75) is 25.1 Å². The zero-order valence-corrected chi connectivity index (χ0v) is 14.5. The first kappa shape index (κ1) is 16.6. The van der Waals surface area contributed by atoms with Gasteiger partial charge in [-0.1, -0.05) is 12.1 Å². The van der Waals surface area contributed by atoms with Crippen LogP contribution in [-0.4, -0.2) is 47.2 Å². The van der Waals surface area contributed by atoms with Crippen LogP contribution >= 0.6 is 35.7 Å². The number of hydrogen-bond acceptors (Lipinski definition) is 4. The number of aliphatic imine (C=N–C) groups is 1. The summed E-state index contributed by atoms with van der Waals surface area (Å²) in [4.78, 5) is 6.67. The molecule has 0 bridgehead atoms. The molecule has 1 aromatic heterocycles. The first-order valence-corrected chi connectivity index (χ1v) is 7.34. The van der Waals surface area contributed by atoms with Crippen molar-refractivity contribution in [3.05, 3.63) is 18.0 Å². The molecule has 1 unspecified atom stereocenters. The Morgan fingerprint density at radius 3 is 3.16 bits per heavy atom. The Morgan fingerprint density at radius 1 is 1.68 bits per heavy atom. The highest BCUT2D eigenvalue weighted by atomic mass is 127. The second-order valence-electron chi connectivity index (χ2n) is 4.24. The average Bonchev–Trinajstić information content (AvgIpc) is 2.93. The van der Waals surface area contributed by atoms with Crippen LogP contribution in [0.4, 0.5) is 0 Å². The van der Waals surface area contributed by atoms with E-state index in [9.17, 15) is 0 Å². The molecule has 108 valence electrons. The lowest BCUT2D eigenvalue weighted by atomic mass is 10.3. The third-order valence-corrected chi connectivity index (χ3v) is 4.40. The first-order valence-electron chi connectivity index (χ1n) is 6.30. The molecular formula is C12H21IN4OS. The van der Waals surface area contributed by atoms with Gasteiger partial charge in [-0.3, -0.25) is 4.99 Å². The maximum atomic E-state index is 4.81. The molecule has 2 rings (SSSR count). The van der Waals surface area contributed by atoms with E-state index in [1.54, 1.807) is 6.26 Å². The lowest BCUT2D eigenvalue weighted by molar-refractivity contribution is 0.399. The minimum atomic E-state index is 0. The number of halogens is 1. The molecule has 1 atom stereocenters. The van der Waals surface area contributed by atoms with E-state index >= 15 is 0 Å². The fraction of sp³-hybridized carbons (Fsp3) is 0.667. The molecule has 7 heteroatoms. The SMILES string of the molecule is CCC1CN(C(=NC)NCc2ccon2)CCS1.I. The summed E-state index contributed by atoms with van der Waals surface area (Å²) in [6.45, 7) is 5.02. The summed E-state index contributed by atoms with van der Waals surface area (Å²) in [6.07, 6.45) is 2.80. The summed E-state index contributed by atoms with van der Waals surface area (Å²) in [5.41, 5.74) is 0.898. The van der Waals surface area contributed by atoms with E-state index in [0.717, 1.165) is 24.7 Å². The largest absolute Gasteiger partial charge is 0.364 e. The maximum Gasteiger partial charge on any atom is 0.194 e. The summed E-state index contributed by atoms with van der Waals surface area (Å²) in [7, 11) is 1.83. The van der Waals surface area contributed by atoms with Crippen LogP contribution in [0.2, 0.25) is 0 Å². The normalized spacial score (nSPS) is 20.0.